The van der Waals surface area contributed by atoms with Crippen molar-refractivity contribution in [1.29, 1.82) is 0 Å². The van der Waals surface area contributed by atoms with E-state index in [4.69, 9.17) is 0 Å². The predicted octanol–water partition coefficient (Wildman–Crippen LogP) is 2.81. The fourth-order valence-electron chi connectivity index (χ4n) is 2.51. The second-order valence-corrected chi connectivity index (χ2v) is 4.28. The molecule has 1 aliphatic rings. The highest BCUT2D eigenvalue weighted by molar-refractivity contribution is 5.76. The average molecular weight is 200 g/mol. The van der Waals surface area contributed by atoms with Crippen LogP contribution in [0.4, 0.5) is 0 Å². The van der Waals surface area contributed by atoms with Gasteiger partial charge in [-0.3, -0.25) is 4.98 Å². The molecule has 0 aliphatic heterocycles. The molecule has 3 nitrogen and oxygen atoms in total. The molecule has 1 radical (unpaired) electrons. The molecule has 77 valence electrons. The molecule has 2 aromatic heterocycles. The van der Waals surface area contributed by atoms with Crippen molar-refractivity contribution in [2.45, 2.75) is 38.0 Å². The van der Waals surface area contributed by atoms with Crippen LogP contribution in [0.1, 0.15) is 43.7 Å². The number of rotatable bonds is 1. The van der Waals surface area contributed by atoms with Crippen molar-refractivity contribution >= 4 is 11.0 Å². The maximum atomic E-state index is 4.50. The molecule has 0 spiro atoms. The fraction of sp³-hybridized carbons (Fsp3) is 0.500. The molecular weight excluding hydrogens is 186 g/mol. The van der Waals surface area contributed by atoms with E-state index in [1.807, 2.05) is 12.3 Å². The summed E-state index contributed by atoms with van der Waals surface area (Å²) in [5.41, 5.74) is 3.25. The number of hydrogen-bond donors (Lipinski definition) is 1. The van der Waals surface area contributed by atoms with Crippen molar-refractivity contribution in [2.24, 2.45) is 0 Å². The van der Waals surface area contributed by atoms with Gasteiger partial charge in [-0.2, -0.15) is 0 Å². The molecule has 0 amide bonds. The molecule has 0 atom stereocenters. The third-order valence-corrected chi connectivity index (χ3v) is 3.30. The van der Waals surface area contributed by atoms with E-state index in [0.29, 0.717) is 5.92 Å². The quantitative estimate of drug-likeness (QED) is 0.769. The zero-order valence-corrected chi connectivity index (χ0v) is 8.66. The number of fused-ring (bicyclic) bond motifs is 1. The van der Waals surface area contributed by atoms with Crippen LogP contribution in [0, 0.1) is 6.33 Å². The Morgan fingerprint density at radius 1 is 1.27 bits per heavy atom. The van der Waals surface area contributed by atoms with E-state index in [9.17, 15) is 0 Å². The standard InChI is InChI=1S/C12H14N3/c1-2-4-9(5-3-1)11-12-10(6-7-13-11)14-8-15-12/h6-7,9H,1-5H2,(H,14,15). The number of pyridine rings is 1. The van der Waals surface area contributed by atoms with Gasteiger partial charge in [0, 0.05) is 12.1 Å². The molecule has 1 saturated carbocycles. The zero-order valence-electron chi connectivity index (χ0n) is 8.66. The summed E-state index contributed by atoms with van der Waals surface area (Å²) in [5, 5.41) is 0. The summed E-state index contributed by atoms with van der Waals surface area (Å²) >= 11 is 0. The summed E-state index contributed by atoms with van der Waals surface area (Å²) in [7, 11) is 0. The van der Waals surface area contributed by atoms with Gasteiger partial charge >= 0.3 is 0 Å². The Morgan fingerprint density at radius 3 is 3.00 bits per heavy atom. The Balaban J connectivity index is 2.05. The van der Waals surface area contributed by atoms with E-state index in [0.717, 1.165) is 11.0 Å². The number of H-pyrrole nitrogens is 1. The first-order valence-corrected chi connectivity index (χ1v) is 5.66. The van der Waals surface area contributed by atoms with E-state index < -0.39 is 0 Å². The Hall–Kier alpha value is -1.38. The van der Waals surface area contributed by atoms with Crippen LogP contribution < -0.4 is 0 Å². The maximum absolute atomic E-state index is 4.50. The van der Waals surface area contributed by atoms with E-state index >= 15 is 0 Å². The lowest BCUT2D eigenvalue weighted by Gasteiger charge is -2.20. The minimum Gasteiger partial charge on any atom is -0.335 e. The Kier molecular flexibility index (Phi) is 2.16. The van der Waals surface area contributed by atoms with E-state index in [1.54, 1.807) is 0 Å². The molecular formula is C12H14N3. The van der Waals surface area contributed by atoms with Crippen LogP contribution >= 0.6 is 0 Å². The highest BCUT2D eigenvalue weighted by Gasteiger charge is 2.19. The largest absolute Gasteiger partial charge is 0.335 e. The molecule has 15 heavy (non-hydrogen) atoms. The summed E-state index contributed by atoms with van der Waals surface area (Å²) in [5.74, 6) is 0.610. The van der Waals surface area contributed by atoms with Crippen molar-refractivity contribution in [3.05, 3.63) is 24.3 Å². The molecule has 0 bridgehead atoms. The summed E-state index contributed by atoms with van der Waals surface area (Å²) in [6.45, 7) is 0. The SMILES string of the molecule is [c]1nc2c(C3CCCCC3)nccc2[nH]1. The predicted molar refractivity (Wildman–Crippen MR) is 58.6 cm³/mol. The third kappa shape index (κ3) is 1.52. The van der Waals surface area contributed by atoms with Gasteiger partial charge in [-0.15, -0.1) is 0 Å². The van der Waals surface area contributed by atoms with Gasteiger partial charge < -0.3 is 4.98 Å². The number of aromatic nitrogens is 3. The van der Waals surface area contributed by atoms with Crippen LogP contribution in [-0.2, 0) is 0 Å². The number of imidazole rings is 1. The molecule has 0 saturated heterocycles. The van der Waals surface area contributed by atoms with Gasteiger partial charge in [0.1, 0.15) is 5.52 Å². The van der Waals surface area contributed by atoms with Crippen molar-refractivity contribution in [1.82, 2.24) is 15.0 Å². The van der Waals surface area contributed by atoms with Crippen LogP contribution in [0.15, 0.2) is 12.3 Å². The van der Waals surface area contributed by atoms with Crippen LogP contribution in [0.25, 0.3) is 11.0 Å². The molecule has 1 N–H and O–H groups in total. The van der Waals surface area contributed by atoms with Crippen molar-refractivity contribution < 1.29 is 0 Å². The molecule has 2 heterocycles. The lowest BCUT2D eigenvalue weighted by atomic mass is 9.86. The first-order chi connectivity index (χ1) is 7.45. The molecule has 1 aliphatic carbocycles. The lowest BCUT2D eigenvalue weighted by Crippen LogP contribution is -2.06. The highest BCUT2D eigenvalue weighted by atomic mass is 14.9. The van der Waals surface area contributed by atoms with Gasteiger partial charge in [0.05, 0.1) is 11.2 Å². The smallest absolute Gasteiger partial charge is 0.174 e. The number of hydrogen-bond acceptors (Lipinski definition) is 2. The molecule has 0 unspecified atom stereocenters. The van der Waals surface area contributed by atoms with Crippen LogP contribution in [0.3, 0.4) is 0 Å². The van der Waals surface area contributed by atoms with E-state index in [2.05, 4.69) is 21.3 Å². The topological polar surface area (TPSA) is 41.6 Å². The van der Waals surface area contributed by atoms with Crippen molar-refractivity contribution in [2.75, 3.05) is 0 Å². The summed E-state index contributed by atoms with van der Waals surface area (Å²) in [6, 6.07) is 1.96. The number of nitrogens with zero attached hydrogens (tertiary/aromatic N) is 2. The molecule has 0 aromatic carbocycles. The van der Waals surface area contributed by atoms with Crippen LogP contribution in [0.2, 0.25) is 0 Å². The Labute approximate surface area is 88.9 Å². The Morgan fingerprint density at radius 2 is 2.13 bits per heavy atom. The highest BCUT2D eigenvalue weighted by Crippen LogP contribution is 2.33. The van der Waals surface area contributed by atoms with Gasteiger partial charge in [-0.1, -0.05) is 19.3 Å². The normalized spacial score (nSPS) is 18.4. The molecule has 1 fully saturated rings. The third-order valence-electron chi connectivity index (χ3n) is 3.30. The number of aromatic amines is 1. The maximum Gasteiger partial charge on any atom is 0.174 e. The second kappa shape index (κ2) is 3.65. The van der Waals surface area contributed by atoms with E-state index in [-0.39, 0.29) is 0 Å². The first-order valence-electron chi connectivity index (χ1n) is 5.66. The van der Waals surface area contributed by atoms with Gasteiger partial charge in [0.2, 0.25) is 0 Å². The fourth-order valence-corrected chi connectivity index (χ4v) is 2.51. The van der Waals surface area contributed by atoms with Gasteiger partial charge in [-0.25, -0.2) is 4.98 Å². The molecule has 2 aromatic rings. The minimum atomic E-state index is 0.610. The van der Waals surface area contributed by atoms with Gasteiger partial charge in [-0.05, 0) is 18.9 Å². The minimum absolute atomic E-state index is 0.610. The zero-order chi connectivity index (χ0) is 10.1. The average Bonchev–Trinajstić information content (AvgIpc) is 2.78. The summed E-state index contributed by atoms with van der Waals surface area (Å²) in [4.78, 5) is 11.8. The van der Waals surface area contributed by atoms with Crippen LogP contribution in [0.5, 0.6) is 0 Å². The second-order valence-electron chi connectivity index (χ2n) is 4.28. The van der Waals surface area contributed by atoms with Crippen molar-refractivity contribution in [3.63, 3.8) is 0 Å². The van der Waals surface area contributed by atoms with E-state index in [1.165, 1.54) is 37.8 Å². The monoisotopic (exact) mass is 200 g/mol. The van der Waals surface area contributed by atoms with Crippen molar-refractivity contribution in [3.8, 4) is 0 Å². The van der Waals surface area contributed by atoms with Gasteiger partial charge in [0.15, 0.2) is 6.33 Å². The Bertz CT molecular complexity index is 455. The summed E-state index contributed by atoms with van der Waals surface area (Å²) in [6.07, 6.45) is 11.2. The lowest BCUT2D eigenvalue weighted by molar-refractivity contribution is 0.438. The summed E-state index contributed by atoms with van der Waals surface area (Å²) < 4.78 is 0. The number of nitrogens with one attached hydrogen (secondary N) is 1. The van der Waals surface area contributed by atoms with Crippen LogP contribution in [-0.4, -0.2) is 15.0 Å². The molecule has 3 rings (SSSR count). The van der Waals surface area contributed by atoms with Gasteiger partial charge in [0.25, 0.3) is 0 Å². The molecule has 3 heteroatoms. The first kappa shape index (κ1) is 8.89.